The molecule has 0 saturated carbocycles. The summed E-state index contributed by atoms with van der Waals surface area (Å²) in [7, 11) is 0. The molecule has 2 aromatic rings. The Morgan fingerprint density at radius 2 is 2.07 bits per heavy atom. The van der Waals surface area contributed by atoms with Crippen LogP contribution in [0.4, 0.5) is 5.69 Å². The van der Waals surface area contributed by atoms with Crippen LogP contribution in [-0.4, -0.2) is 0 Å². The van der Waals surface area contributed by atoms with E-state index in [1.54, 1.807) is 11.3 Å². The predicted octanol–water partition coefficient (Wildman–Crippen LogP) is 4.89. The molecule has 1 nitrogen and oxygen atoms in total. The Labute approximate surface area is 110 Å². The van der Waals surface area contributed by atoms with Crippen LogP contribution in [0.5, 0.6) is 0 Å². The normalized spacial score (nSPS) is 10.3. The van der Waals surface area contributed by atoms with Gasteiger partial charge in [0.1, 0.15) is 0 Å². The first-order valence-electron chi connectivity index (χ1n) is 4.46. The average molecular weight is 347 g/mol. The fourth-order valence-corrected chi connectivity index (χ4v) is 3.08. The third kappa shape index (κ3) is 3.06. The molecule has 4 heteroatoms. The molecule has 0 aliphatic heterocycles. The van der Waals surface area contributed by atoms with Gasteiger partial charge in [0.2, 0.25) is 0 Å². The van der Waals surface area contributed by atoms with Gasteiger partial charge in [-0.25, -0.2) is 0 Å². The molecule has 78 valence electrons. The highest BCUT2D eigenvalue weighted by molar-refractivity contribution is 9.11. The molecular weight excluding hydrogens is 338 g/mol. The molecule has 0 fully saturated rings. The zero-order valence-electron chi connectivity index (χ0n) is 7.84. The predicted molar refractivity (Wildman–Crippen MR) is 73.5 cm³/mol. The summed E-state index contributed by atoms with van der Waals surface area (Å²) >= 11 is 8.67. The topological polar surface area (TPSA) is 12.0 Å². The number of halogens is 2. The molecule has 0 unspecified atom stereocenters. The summed E-state index contributed by atoms with van der Waals surface area (Å²) in [5.41, 5.74) is 2.43. The van der Waals surface area contributed by atoms with Crippen molar-refractivity contribution in [2.75, 3.05) is 5.32 Å². The Kier molecular flexibility index (Phi) is 3.83. The van der Waals surface area contributed by atoms with Crippen molar-refractivity contribution in [1.29, 1.82) is 0 Å². The van der Waals surface area contributed by atoms with Gasteiger partial charge in [-0.3, -0.25) is 0 Å². The lowest BCUT2D eigenvalue weighted by molar-refractivity contribution is 1.16. The number of hydrogen-bond acceptors (Lipinski definition) is 2. The lowest BCUT2D eigenvalue weighted by Gasteiger charge is -2.07. The van der Waals surface area contributed by atoms with Crippen LogP contribution in [0.25, 0.3) is 0 Å². The standard InChI is InChI=1S/C11H9Br2NS/c12-9-1-2-11(10(13)5-9)14-6-8-3-4-15-7-8/h1-5,7,14H,6H2. The van der Waals surface area contributed by atoms with E-state index < -0.39 is 0 Å². The minimum absolute atomic E-state index is 0.865. The molecule has 0 radical (unpaired) electrons. The van der Waals surface area contributed by atoms with Gasteiger partial charge in [-0.2, -0.15) is 11.3 Å². The Hall–Kier alpha value is -0.320. The first-order valence-corrected chi connectivity index (χ1v) is 6.98. The van der Waals surface area contributed by atoms with E-state index >= 15 is 0 Å². The number of rotatable bonds is 3. The molecule has 0 saturated heterocycles. The molecular formula is C11H9Br2NS. The molecule has 0 aliphatic carbocycles. The van der Waals surface area contributed by atoms with E-state index in [-0.39, 0.29) is 0 Å². The molecule has 0 amide bonds. The first-order chi connectivity index (χ1) is 7.25. The smallest absolute Gasteiger partial charge is 0.0488 e. The van der Waals surface area contributed by atoms with E-state index in [0.29, 0.717) is 0 Å². The number of thiophene rings is 1. The second kappa shape index (κ2) is 5.14. The van der Waals surface area contributed by atoms with Crippen LogP contribution in [0.2, 0.25) is 0 Å². The molecule has 15 heavy (non-hydrogen) atoms. The summed E-state index contributed by atoms with van der Waals surface area (Å²) in [6, 6.07) is 8.25. The maximum atomic E-state index is 3.52. The van der Waals surface area contributed by atoms with E-state index in [4.69, 9.17) is 0 Å². The first kappa shape index (κ1) is 11.2. The highest BCUT2D eigenvalue weighted by Crippen LogP contribution is 2.26. The van der Waals surface area contributed by atoms with E-state index in [9.17, 15) is 0 Å². The van der Waals surface area contributed by atoms with Crippen LogP contribution < -0.4 is 5.32 Å². The molecule has 0 bridgehead atoms. The molecule has 2 rings (SSSR count). The van der Waals surface area contributed by atoms with E-state index in [2.05, 4.69) is 60.1 Å². The van der Waals surface area contributed by atoms with Crippen molar-refractivity contribution in [3.8, 4) is 0 Å². The summed E-state index contributed by atoms with van der Waals surface area (Å²) in [5, 5.41) is 7.62. The van der Waals surface area contributed by atoms with Gasteiger partial charge in [0.25, 0.3) is 0 Å². The quantitative estimate of drug-likeness (QED) is 0.834. The molecule has 0 spiro atoms. The van der Waals surface area contributed by atoms with Crippen molar-refractivity contribution in [2.24, 2.45) is 0 Å². The van der Waals surface area contributed by atoms with Crippen LogP contribution in [0.15, 0.2) is 44.0 Å². The van der Waals surface area contributed by atoms with Crippen LogP contribution in [0, 0.1) is 0 Å². The van der Waals surface area contributed by atoms with E-state index in [0.717, 1.165) is 21.2 Å². The van der Waals surface area contributed by atoms with Crippen LogP contribution >= 0.6 is 43.2 Å². The van der Waals surface area contributed by atoms with Crippen molar-refractivity contribution >= 4 is 48.9 Å². The van der Waals surface area contributed by atoms with Gasteiger partial charge in [0.15, 0.2) is 0 Å². The number of hydrogen-bond donors (Lipinski definition) is 1. The third-order valence-corrected chi connectivity index (χ3v) is 3.88. The molecule has 1 N–H and O–H groups in total. The fourth-order valence-electron chi connectivity index (χ4n) is 1.22. The van der Waals surface area contributed by atoms with Crippen LogP contribution in [0.3, 0.4) is 0 Å². The summed E-state index contributed by atoms with van der Waals surface area (Å²) in [5.74, 6) is 0. The van der Waals surface area contributed by atoms with Gasteiger partial charge in [-0.1, -0.05) is 15.9 Å². The van der Waals surface area contributed by atoms with Gasteiger partial charge in [-0.05, 0) is 56.5 Å². The molecule has 1 aromatic carbocycles. The maximum absolute atomic E-state index is 3.52. The van der Waals surface area contributed by atoms with E-state index in [1.165, 1.54) is 5.56 Å². The lowest BCUT2D eigenvalue weighted by Crippen LogP contribution is -1.98. The molecule has 0 aliphatic rings. The van der Waals surface area contributed by atoms with Gasteiger partial charge in [0, 0.05) is 21.2 Å². The zero-order chi connectivity index (χ0) is 10.7. The number of anilines is 1. The van der Waals surface area contributed by atoms with Crippen LogP contribution in [0.1, 0.15) is 5.56 Å². The maximum Gasteiger partial charge on any atom is 0.0488 e. The number of nitrogens with one attached hydrogen (secondary N) is 1. The van der Waals surface area contributed by atoms with Gasteiger partial charge >= 0.3 is 0 Å². The third-order valence-electron chi connectivity index (χ3n) is 1.99. The average Bonchev–Trinajstić information content (AvgIpc) is 2.69. The summed E-state index contributed by atoms with van der Waals surface area (Å²) in [6.07, 6.45) is 0. The Morgan fingerprint density at radius 3 is 2.73 bits per heavy atom. The summed E-state index contributed by atoms with van der Waals surface area (Å²) in [4.78, 5) is 0. The second-order valence-electron chi connectivity index (χ2n) is 3.11. The molecule has 1 aromatic heterocycles. The van der Waals surface area contributed by atoms with Crippen molar-refractivity contribution in [3.05, 3.63) is 49.5 Å². The lowest BCUT2D eigenvalue weighted by atomic mass is 10.3. The van der Waals surface area contributed by atoms with E-state index in [1.807, 2.05) is 12.1 Å². The van der Waals surface area contributed by atoms with Gasteiger partial charge in [-0.15, -0.1) is 0 Å². The fraction of sp³-hybridized carbons (Fsp3) is 0.0909. The monoisotopic (exact) mass is 345 g/mol. The highest BCUT2D eigenvalue weighted by Gasteiger charge is 2.00. The minimum atomic E-state index is 0.865. The second-order valence-corrected chi connectivity index (χ2v) is 5.66. The molecule has 0 atom stereocenters. The minimum Gasteiger partial charge on any atom is -0.380 e. The highest BCUT2D eigenvalue weighted by atomic mass is 79.9. The largest absolute Gasteiger partial charge is 0.380 e. The van der Waals surface area contributed by atoms with Crippen molar-refractivity contribution in [3.63, 3.8) is 0 Å². The van der Waals surface area contributed by atoms with Crippen molar-refractivity contribution in [2.45, 2.75) is 6.54 Å². The van der Waals surface area contributed by atoms with Crippen molar-refractivity contribution in [1.82, 2.24) is 0 Å². The zero-order valence-corrected chi connectivity index (χ0v) is 11.8. The van der Waals surface area contributed by atoms with Crippen LogP contribution in [-0.2, 0) is 6.54 Å². The Bertz CT molecular complexity index is 440. The Morgan fingerprint density at radius 1 is 1.20 bits per heavy atom. The van der Waals surface area contributed by atoms with Gasteiger partial charge in [0.05, 0.1) is 0 Å². The summed E-state index contributed by atoms with van der Waals surface area (Å²) in [6.45, 7) is 0.865. The number of benzene rings is 1. The van der Waals surface area contributed by atoms with Gasteiger partial charge < -0.3 is 5.32 Å². The SMILES string of the molecule is Brc1ccc(NCc2ccsc2)c(Br)c1. The Balaban J connectivity index is 2.05. The summed E-state index contributed by atoms with van der Waals surface area (Å²) < 4.78 is 2.16. The molecule has 1 heterocycles. The van der Waals surface area contributed by atoms with Crippen molar-refractivity contribution < 1.29 is 0 Å².